The second-order valence-corrected chi connectivity index (χ2v) is 6.20. The molecule has 0 amide bonds. The number of anilines is 2. The first-order valence-electron chi connectivity index (χ1n) is 5.35. The standard InChI is InChI=1S/C9H15N5O2S/c10-13-8-6-11-7-9(12-8)14-2-1-4-17(15,16)5-3-14/h6-7H,1-5,10H2,(H,12,13). The van der Waals surface area contributed by atoms with Gasteiger partial charge < -0.3 is 10.3 Å². The number of nitrogens with one attached hydrogen (secondary N) is 1. The minimum atomic E-state index is -2.91. The van der Waals surface area contributed by atoms with Gasteiger partial charge in [0.1, 0.15) is 5.82 Å². The second-order valence-electron chi connectivity index (χ2n) is 3.90. The highest BCUT2D eigenvalue weighted by molar-refractivity contribution is 7.91. The van der Waals surface area contributed by atoms with Crippen molar-refractivity contribution in [1.82, 2.24) is 9.97 Å². The maximum Gasteiger partial charge on any atom is 0.160 e. The third-order valence-electron chi connectivity index (χ3n) is 2.65. The molecule has 1 aromatic heterocycles. The topological polar surface area (TPSA) is 101 Å². The zero-order valence-corrected chi connectivity index (χ0v) is 10.2. The van der Waals surface area contributed by atoms with Crippen molar-refractivity contribution in [3.8, 4) is 0 Å². The molecule has 3 N–H and O–H groups in total. The van der Waals surface area contributed by atoms with Crippen molar-refractivity contribution >= 4 is 21.5 Å². The van der Waals surface area contributed by atoms with Gasteiger partial charge in [-0.2, -0.15) is 0 Å². The Labute approximate surface area is 99.9 Å². The fourth-order valence-electron chi connectivity index (χ4n) is 1.75. The number of nitrogens with zero attached hydrogens (tertiary/aromatic N) is 3. The largest absolute Gasteiger partial charge is 0.354 e. The van der Waals surface area contributed by atoms with Crippen LogP contribution in [0.25, 0.3) is 0 Å². The molecule has 0 aliphatic carbocycles. The predicted molar refractivity (Wildman–Crippen MR) is 65.3 cm³/mol. The maximum atomic E-state index is 11.5. The molecule has 0 unspecified atom stereocenters. The van der Waals surface area contributed by atoms with E-state index in [0.717, 1.165) is 0 Å². The molecule has 7 nitrogen and oxygen atoms in total. The van der Waals surface area contributed by atoms with Gasteiger partial charge in [-0.1, -0.05) is 0 Å². The van der Waals surface area contributed by atoms with Gasteiger partial charge in [-0.15, -0.1) is 0 Å². The number of hydrazine groups is 1. The molecule has 0 bridgehead atoms. The fraction of sp³-hybridized carbons (Fsp3) is 0.556. The molecule has 0 aromatic carbocycles. The molecule has 1 aliphatic rings. The van der Waals surface area contributed by atoms with Crippen molar-refractivity contribution in [2.45, 2.75) is 6.42 Å². The molecule has 0 saturated carbocycles. The highest BCUT2D eigenvalue weighted by Gasteiger charge is 2.20. The average molecular weight is 257 g/mol. The van der Waals surface area contributed by atoms with Crippen LogP contribution in [0.15, 0.2) is 12.4 Å². The third kappa shape index (κ3) is 3.04. The highest BCUT2D eigenvalue weighted by atomic mass is 32.2. The molecular weight excluding hydrogens is 242 g/mol. The normalized spacial score (nSPS) is 19.7. The lowest BCUT2D eigenvalue weighted by Gasteiger charge is -2.20. The summed E-state index contributed by atoms with van der Waals surface area (Å²) < 4.78 is 23.0. The van der Waals surface area contributed by atoms with Crippen LogP contribution in [-0.4, -0.2) is 43.0 Å². The van der Waals surface area contributed by atoms with Crippen LogP contribution in [0, 0.1) is 0 Å². The summed E-state index contributed by atoms with van der Waals surface area (Å²) in [6, 6.07) is 0. The van der Waals surface area contributed by atoms with E-state index in [-0.39, 0.29) is 11.5 Å². The molecular formula is C9H15N5O2S. The second kappa shape index (κ2) is 4.84. The smallest absolute Gasteiger partial charge is 0.160 e. The van der Waals surface area contributed by atoms with Crippen molar-refractivity contribution < 1.29 is 8.42 Å². The van der Waals surface area contributed by atoms with E-state index in [1.807, 2.05) is 4.90 Å². The molecule has 8 heteroatoms. The summed E-state index contributed by atoms with van der Waals surface area (Å²) in [5, 5.41) is 0. The fourth-order valence-corrected chi connectivity index (χ4v) is 3.02. The number of aromatic nitrogens is 2. The Morgan fingerprint density at radius 3 is 2.88 bits per heavy atom. The number of nitrogens with two attached hydrogens (primary N) is 1. The van der Waals surface area contributed by atoms with Gasteiger partial charge >= 0.3 is 0 Å². The third-order valence-corrected chi connectivity index (χ3v) is 4.36. The molecule has 1 fully saturated rings. The Bertz CT molecular complexity index is 490. The van der Waals surface area contributed by atoms with Crippen molar-refractivity contribution in [3.05, 3.63) is 12.4 Å². The Morgan fingerprint density at radius 2 is 2.12 bits per heavy atom. The van der Waals surface area contributed by atoms with Crippen LogP contribution in [-0.2, 0) is 9.84 Å². The van der Waals surface area contributed by atoms with Crippen LogP contribution in [0.3, 0.4) is 0 Å². The van der Waals surface area contributed by atoms with E-state index in [4.69, 9.17) is 5.84 Å². The molecule has 1 saturated heterocycles. The van der Waals surface area contributed by atoms with E-state index in [2.05, 4.69) is 15.4 Å². The Hall–Kier alpha value is -1.41. The van der Waals surface area contributed by atoms with Crippen molar-refractivity contribution in [1.29, 1.82) is 0 Å². The number of rotatable bonds is 2. The summed E-state index contributed by atoms with van der Waals surface area (Å²) >= 11 is 0. The molecule has 0 atom stereocenters. The SMILES string of the molecule is NNc1cncc(N2CCCS(=O)(=O)CC2)n1. The lowest BCUT2D eigenvalue weighted by atomic mass is 10.4. The molecule has 0 spiro atoms. The quantitative estimate of drug-likeness (QED) is 0.538. The first-order chi connectivity index (χ1) is 8.11. The molecule has 2 rings (SSSR count). The monoisotopic (exact) mass is 257 g/mol. The summed E-state index contributed by atoms with van der Waals surface area (Å²) in [4.78, 5) is 10.2. The van der Waals surface area contributed by atoms with E-state index in [1.54, 1.807) is 6.20 Å². The summed E-state index contributed by atoms with van der Waals surface area (Å²) in [5.74, 6) is 6.78. The van der Waals surface area contributed by atoms with Crippen LogP contribution < -0.4 is 16.2 Å². The maximum absolute atomic E-state index is 11.5. The number of nitrogen functional groups attached to an aromatic ring is 1. The van der Waals surface area contributed by atoms with Gasteiger partial charge in [0.15, 0.2) is 15.7 Å². The van der Waals surface area contributed by atoms with Crippen LogP contribution in [0.1, 0.15) is 6.42 Å². The number of hydrogen-bond acceptors (Lipinski definition) is 7. The highest BCUT2D eigenvalue weighted by Crippen LogP contribution is 2.15. The Kier molecular flexibility index (Phi) is 3.43. The van der Waals surface area contributed by atoms with Crippen LogP contribution in [0.5, 0.6) is 0 Å². The van der Waals surface area contributed by atoms with Gasteiger partial charge in [0.05, 0.1) is 23.9 Å². The van der Waals surface area contributed by atoms with Crippen LogP contribution in [0.2, 0.25) is 0 Å². The van der Waals surface area contributed by atoms with E-state index < -0.39 is 9.84 Å². The van der Waals surface area contributed by atoms with Crippen molar-refractivity contribution in [2.24, 2.45) is 5.84 Å². The number of sulfone groups is 1. The first-order valence-corrected chi connectivity index (χ1v) is 7.17. The minimum absolute atomic E-state index is 0.162. The van der Waals surface area contributed by atoms with Crippen LogP contribution in [0.4, 0.5) is 11.6 Å². The average Bonchev–Trinajstić information content (AvgIpc) is 2.50. The molecule has 94 valence electrons. The van der Waals surface area contributed by atoms with E-state index in [9.17, 15) is 8.42 Å². The van der Waals surface area contributed by atoms with E-state index in [1.165, 1.54) is 6.20 Å². The zero-order chi connectivity index (χ0) is 12.3. The van der Waals surface area contributed by atoms with Gasteiger partial charge in [0, 0.05) is 13.1 Å². The molecule has 1 aliphatic heterocycles. The minimum Gasteiger partial charge on any atom is -0.354 e. The predicted octanol–water partition coefficient (Wildman–Crippen LogP) is -0.613. The molecule has 17 heavy (non-hydrogen) atoms. The Balaban J connectivity index is 2.16. The van der Waals surface area contributed by atoms with Gasteiger partial charge in [-0.05, 0) is 6.42 Å². The van der Waals surface area contributed by atoms with Gasteiger partial charge in [0.2, 0.25) is 0 Å². The summed E-state index contributed by atoms with van der Waals surface area (Å²) in [6.07, 6.45) is 3.74. The lowest BCUT2D eigenvalue weighted by molar-refractivity contribution is 0.597. The van der Waals surface area contributed by atoms with Crippen LogP contribution >= 0.6 is 0 Å². The molecule has 2 heterocycles. The lowest BCUT2D eigenvalue weighted by Crippen LogP contribution is -2.28. The summed E-state index contributed by atoms with van der Waals surface area (Å²) in [5.41, 5.74) is 2.42. The molecule has 1 aromatic rings. The van der Waals surface area contributed by atoms with E-state index >= 15 is 0 Å². The van der Waals surface area contributed by atoms with Gasteiger partial charge in [-0.25, -0.2) is 19.2 Å². The summed E-state index contributed by atoms with van der Waals surface area (Å²) in [6.45, 7) is 1.12. The first kappa shape index (κ1) is 12.1. The number of hydrogen-bond donors (Lipinski definition) is 2. The van der Waals surface area contributed by atoms with Gasteiger partial charge in [0.25, 0.3) is 0 Å². The molecule has 0 radical (unpaired) electrons. The zero-order valence-electron chi connectivity index (χ0n) is 9.33. The van der Waals surface area contributed by atoms with E-state index in [0.29, 0.717) is 31.1 Å². The van der Waals surface area contributed by atoms with Crippen molar-refractivity contribution in [2.75, 3.05) is 34.9 Å². The Morgan fingerprint density at radius 1 is 1.29 bits per heavy atom. The van der Waals surface area contributed by atoms with Crippen molar-refractivity contribution in [3.63, 3.8) is 0 Å². The summed E-state index contributed by atoms with van der Waals surface area (Å²) in [7, 11) is -2.91. The van der Waals surface area contributed by atoms with Gasteiger partial charge in [-0.3, -0.25) is 4.98 Å².